The largest absolute Gasteiger partial charge is 0.374 e. The molecule has 188 valence electrons. The minimum absolute atomic E-state index is 0.201. The number of hydrogen-bond donors (Lipinski definition) is 3. The van der Waals surface area contributed by atoms with Crippen LogP contribution in [0.15, 0.2) is 23.2 Å². The number of fused-ring (bicyclic) bond motifs is 1. The summed E-state index contributed by atoms with van der Waals surface area (Å²) in [5.41, 5.74) is 1.95. The van der Waals surface area contributed by atoms with Gasteiger partial charge in [-0.25, -0.2) is 9.97 Å². The van der Waals surface area contributed by atoms with Gasteiger partial charge in [-0.1, -0.05) is 30.9 Å². The number of nitrogens with zero attached hydrogens (tertiary/aromatic N) is 4. The lowest BCUT2D eigenvalue weighted by Crippen LogP contribution is -2.38. The van der Waals surface area contributed by atoms with Gasteiger partial charge in [-0.05, 0) is 64.3 Å². The molecule has 1 aromatic carbocycles. The van der Waals surface area contributed by atoms with E-state index in [2.05, 4.69) is 38.8 Å². The zero-order chi connectivity index (χ0) is 24.0. The SMILES string of the molecule is Cc1ccc2nc(C(=O)NCCN3CCCCC3)nc(N[C@H]3CCCC[C@H]3N=C3CCCN3)c2c1. The molecule has 35 heavy (non-hydrogen) atoms. The fraction of sp³-hybridized carbons (Fsp3) is 0.630. The standard InChI is InChI=1S/C27H39N7O/c1-19-11-12-21-20(18-19)25(32-23-9-4-3-8-22(23)30-24-10-7-13-28-24)33-26(31-21)27(35)29-14-17-34-15-5-2-6-16-34/h11-12,18,22-23H,2-10,13-17H2,1H3,(H,28,30)(H,29,35)(H,31,32,33)/t22-,23+/m1/s1. The molecule has 2 saturated heterocycles. The van der Waals surface area contributed by atoms with E-state index >= 15 is 0 Å². The van der Waals surface area contributed by atoms with Crippen LogP contribution < -0.4 is 16.0 Å². The summed E-state index contributed by atoms with van der Waals surface area (Å²) in [6.07, 6.45) is 10.5. The van der Waals surface area contributed by atoms with Crippen molar-refractivity contribution in [2.75, 3.05) is 38.0 Å². The summed E-state index contributed by atoms with van der Waals surface area (Å²) >= 11 is 0. The number of aromatic nitrogens is 2. The Morgan fingerprint density at radius 2 is 1.97 bits per heavy atom. The zero-order valence-corrected chi connectivity index (χ0v) is 21.0. The number of aryl methyl sites for hydroxylation is 1. The molecule has 1 aliphatic carbocycles. The van der Waals surface area contributed by atoms with Gasteiger partial charge >= 0.3 is 0 Å². The van der Waals surface area contributed by atoms with Gasteiger partial charge in [0.05, 0.1) is 17.4 Å². The van der Waals surface area contributed by atoms with E-state index in [1.165, 1.54) is 32.1 Å². The van der Waals surface area contributed by atoms with Crippen molar-refractivity contribution in [2.45, 2.75) is 76.8 Å². The molecule has 0 spiro atoms. The fourth-order valence-corrected chi connectivity index (χ4v) is 5.54. The topological polar surface area (TPSA) is 94.5 Å². The van der Waals surface area contributed by atoms with Crippen LogP contribution >= 0.6 is 0 Å². The number of anilines is 1. The number of likely N-dealkylation sites (tertiary alicyclic amines) is 1. The second kappa shape index (κ2) is 11.3. The third-order valence-corrected chi connectivity index (χ3v) is 7.51. The quantitative estimate of drug-likeness (QED) is 0.563. The number of amidine groups is 1. The molecular formula is C27H39N7O. The van der Waals surface area contributed by atoms with Crippen molar-refractivity contribution in [3.05, 3.63) is 29.6 Å². The van der Waals surface area contributed by atoms with E-state index in [0.29, 0.717) is 6.54 Å². The van der Waals surface area contributed by atoms with Crippen LogP contribution in [-0.4, -0.2) is 71.4 Å². The van der Waals surface area contributed by atoms with Gasteiger partial charge in [-0.2, -0.15) is 0 Å². The van der Waals surface area contributed by atoms with Crippen molar-refractivity contribution in [3.8, 4) is 0 Å². The number of hydrogen-bond acceptors (Lipinski definition) is 6. The van der Waals surface area contributed by atoms with Crippen LogP contribution in [0, 0.1) is 6.92 Å². The van der Waals surface area contributed by atoms with E-state index in [1.54, 1.807) is 0 Å². The fourth-order valence-electron chi connectivity index (χ4n) is 5.54. The molecule has 1 aromatic heterocycles. The molecule has 2 aromatic rings. The molecule has 1 amide bonds. The lowest BCUT2D eigenvalue weighted by molar-refractivity contribution is 0.0936. The van der Waals surface area contributed by atoms with Gasteiger partial charge in [0.25, 0.3) is 5.91 Å². The van der Waals surface area contributed by atoms with Crippen molar-refractivity contribution < 1.29 is 4.79 Å². The minimum atomic E-state index is -0.205. The average Bonchev–Trinajstić information content (AvgIpc) is 3.39. The van der Waals surface area contributed by atoms with Gasteiger partial charge in [-0.3, -0.25) is 9.79 Å². The van der Waals surface area contributed by atoms with E-state index < -0.39 is 0 Å². The highest BCUT2D eigenvalue weighted by Crippen LogP contribution is 2.28. The maximum absolute atomic E-state index is 13.0. The number of carbonyl (C=O) groups excluding carboxylic acids is 1. The highest BCUT2D eigenvalue weighted by Gasteiger charge is 2.27. The van der Waals surface area contributed by atoms with Crippen LogP contribution in [0.25, 0.3) is 10.9 Å². The second-order valence-corrected chi connectivity index (χ2v) is 10.3. The number of aliphatic imine (C=N–C) groups is 1. The lowest BCUT2D eigenvalue weighted by atomic mass is 9.90. The Morgan fingerprint density at radius 3 is 2.80 bits per heavy atom. The zero-order valence-electron chi connectivity index (χ0n) is 21.0. The Bertz CT molecular complexity index is 1050. The Labute approximate surface area is 208 Å². The number of rotatable bonds is 7. The first kappa shape index (κ1) is 24.0. The Kier molecular flexibility index (Phi) is 7.76. The van der Waals surface area contributed by atoms with Gasteiger partial charge in [0, 0.05) is 37.5 Å². The molecule has 2 aliphatic heterocycles. The van der Waals surface area contributed by atoms with E-state index in [1.807, 2.05) is 12.1 Å². The van der Waals surface area contributed by atoms with E-state index in [9.17, 15) is 4.79 Å². The summed E-state index contributed by atoms with van der Waals surface area (Å²) in [5.74, 6) is 1.92. The molecule has 3 aliphatic rings. The monoisotopic (exact) mass is 477 g/mol. The summed E-state index contributed by atoms with van der Waals surface area (Å²) in [7, 11) is 0. The molecule has 5 rings (SSSR count). The summed E-state index contributed by atoms with van der Waals surface area (Å²) in [5, 5.41) is 11.1. The minimum Gasteiger partial charge on any atom is -0.374 e. The molecular weight excluding hydrogens is 438 g/mol. The van der Waals surface area contributed by atoms with Crippen LogP contribution in [0.5, 0.6) is 0 Å². The van der Waals surface area contributed by atoms with Crippen LogP contribution in [0.4, 0.5) is 5.82 Å². The number of nitrogens with one attached hydrogen (secondary N) is 3. The van der Waals surface area contributed by atoms with Crippen LogP contribution in [0.3, 0.4) is 0 Å². The third kappa shape index (κ3) is 6.10. The molecule has 0 bridgehead atoms. The van der Waals surface area contributed by atoms with Gasteiger partial charge in [0.2, 0.25) is 5.82 Å². The van der Waals surface area contributed by atoms with E-state index in [0.717, 1.165) is 80.0 Å². The van der Waals surface area contributed by atoms with Crippen LogP contribution in [-0.2, 0) is 0 Å². The predicted molar refractivity (Wildman–Crippen MR) is 141 cm³/mol. The Balaban J connectivity index is 1.34. The van der Waals surface area contributed by atoms with Crippen molar-refractivity contribution in [1.82, 2.24) is 25.5 Å². The van der Waals surface area contributed by atoms with Crippen molar-refractivity contribution in [2.24, 2.45) is 4.99 Å². The van der Waals surface area contributed by atoms with Gasteiger partial charge in [0.15, 0.2) is 0 Å². The molecule has 1 saturated carbocycles. The van der Waals surface area contributed by atoms with Gasteiger partial charge in [0.1, 0.15) is 5.82 Å². The highest BCUT2D eigenvalue weighted by atomic mass is 16.2. The first-order chi connectivity index (χ1) is 17.2. The molecule has 0 unspecified atom stereocenters. The number of piperidine rings is 1. The molecule has 8 nitrogen and oxygen atoms in total. The molecule has 2 atom stereocenters. The second-order valence-electron chi connectivity index (χ2n) is 10.3. The van der Waals surface area contributed by atoms with E-state index in [4.69, 9.17) is 9.98 Å². The first-order valence-electron chi connectivity index (χ1n) is 13.5. The molecule has 8 heteroatoms. The number of amides is 1. The Hall–Kier alpha value is -2.74. The summed E-state index contributed by atoms with van der Waals surface area (Å²) < 4.78 is 0. The van der Waals surface area contributed by atoms with Crippen molar-refractivity contribution >= 4 is 28.5 Å². The van der Waals surface area contributed by atoms with Crippen LogP contribution in [0.2, 0.25) is 0 Å². The maximum atomic E-state index is 13.0. The number of carbonyl (C=O) groups is 1. The van der Waals surface area contributed by atoms with Gasteiger partial charge < -0.3 is 20.9 Å². The Morgan fingerprint density at radius 1 is 1.11 bits per heavy atom. The summed E-state index contributed by atoms with van der Waals surface area (Å²) in [4.78, 5) is 29.9. The van der Waals surface area contributed by atoms with Crippen molar-refractivity contribution in [3.63, 3.8) is 0 Å². The lowest BCUT2D eigenvalue weighted by Gasteiger charge is -2.30. The molecule has 3 fully saturated rings. The smallest absolute Gasteiger partial charge is 0.289 e. The third-order valence-electron chi connectivity index (χ3n) is 7.51. The van der Waals surface area contributed by atoms with Crippen LogP contribution in [0.1, 0.15) is 74.0 Å². The maximum Gasteiger partial charge on any atom is 0.289 e. The predicted octanol–water partition coefficient (Wildman–Crippen LogP) is 3.66. The highest BCUT2D eigenvalue weighted by molar-refractivity contribution is 5.96. The van der Waals surface area contributed by atoms with Gasteiger partial charge in [-0.15, -0.1) is 0 Å². The first-order valence-corrected chi connectivity index (χ1v) is 13.5. The summed E-state index contributed by atoms with van der Waals surface area (Å²) in [6.45, 7) is 6.84. The molecule has 3 heterocycles. The van der Waals surface area contributed by atoms with E-state index in [-0.39, 0.29) is 23.8 Å². The molecule has 3 N–H and O–H groups in total. The normalized spacial score (nSPS) is 24.4. The molecule has 0 radical (unpaired) electrons. The summed E-state index contributed by atoms with van der Waals surface area (Å²) in [6, 6.07) is 6.56. The average molecular weight is 478 g/mol. The number of benzene rings is 1. The van der Waals surface area contributed by atoms with Crippen molar-refractivity contribution in [1.29, 1.82) is 0 Å².